The van der Waals surface area contributed by atoms with Crippen molar-refractivity contribution >= 4 is 0 Å². The molecule has 1 aliphatic carbocycles. The Morgan fingerprint density at radius 2 is 1.92 bits per heavy atom. The molecule has 0 heterocycles. The van der Waals surface area contributed by atoms with Crippen LogP contribution < -0.4 is 5.73 Å². The van der Waals surface area contributed by atoms with Crippen LogP contribution in [0, 0.1) is 17.8 Å². The van der Waals surface area contributed by atoms with E-state index >= 15 is 0 Å². The second-order valence-electron chi connectivity index (χ2n) is 6.89. The molecule has 1 aliphatic rings. The maximum absolute atomic E-state index is 9.32. The summed E-state index contributed by atoms with van der Waals surface area (Å²) in [7, 11) is 0. The fraction of sp³-hybridized carbons (Fsp3) is 0.619. The number of ether oxygens (including phenoxy) is 1. The highest BCUT2D eigenvalue weighted by Crippen LogP contribution is 2.20. The molecule has 2 atom stereocenters. The Morgan fingerprint density at radius 1 is 1.21 bits per heavy atom. The molecule has 0 spiro atoms. The van der Waals surface area contributed by atoms with Crippen LogP contribution in [0.4, 0.5) is 0 Å². The number of rotatable bonds is 7. The zero-order valence-corrected chi connectivity index (χ0v) is 14.8. The van der Waals surface area contributed by atoms with Crippen molar-refractivity contribution in [1.82, 2.24) is 0 Å². The molecule has 1 fully saturated rings. The largest absolute Gasteiger partial charge is 0.379 e. The Bertz CT molecular complexity index is 521. The minimum Gasteiger partial charge on any atom is -0.379 e. The molecule has 1 unspecified atom stereocenters. The third-order valence-corrected chi connectivity index (χ3v) is 4.79. The van der Waals surface area contributed by atoms with Gasteiger partial charge < -0.3 is 15.6 Å². The van der Waals surface area contributed by atoms with Gasteiger partial charge in [-0.2, -0.15) is 0 Å². The smallest absolute Gasteiger partial charge is 0.105 e. The van der Waals surface area contributed by atoms with E-state index in [9.17, 15) is 5.11 Å². The van der Waals surface area contributed by atoms with Gasteiger partial charge in [-0.25, -0.2) is 0 Å². The molecular weight excluding hydrogens is 298 g/mol. The van der Waals surface area contributed by atoms with Crippen LogP contribution in [0.1, 0.15) is 63.0 Å². The Kier molecular flexibility index (Phi) is 8.32. The van der Waals surface area contributed by atoms with Gasteiger partial charge in [-0.05, 0) is 49.3 Å². The highest BCUT2D eigenvalue weighted by atomic mass is 16.5. The van der Waals surface area contributed by atoms with Crippen LogP contribution in [0.5, 0.6) is 0 Å². The van der Waals surface area contributed by atoms with Crippen molar-refractivity contribution in [2.75, 3.05) is 6.61 Å². The molecule has 3 nitrogen and oxygen atoms in total. The van der Waals surface area contributed by atoms with Gasteiger partial charge in [0.15, 0.2) is 0 Å². The second-order valence-corrected chi connectivity index (χ2v) is 6.89. The Morgan fingerprint density at radius 3 is 2.58 bits per heavy atom. The highest BCUT2D eigenvalue weighted by molar-refractivity contribution is 5.36. The second kappa shape index (κ2) is 10.5. The molecular formula is C21H31NO2. The predicted octanol–water partition coefficient (Wildman–Crippen LogP) is 3.62. The lowest BCUT2D eigenvalue weighted by atomic mass is 9.98. The first-order chi connectivity index (χ1) is 11.6. The number of benzene rings is 1. The van der Waals surface area contributed by atoms with E-state index in [0.29, 0.717) is 6.10 Å². The topological polar surface area (TPSA) is 55.5 Å². The summed E-state index contributed by atoms with van der Waals surface area (Å²) >= 11 is 0. The van der Waals surface area contributed by atoms with Crippen LogP contribution in [-0.4, -0.2) is 24.0 Å². The van der Waals surface area contributed by atoms with Crippen LogP contribution >= 0.6 is 0 Å². The van der Waals surface area contributed by atoms with Crippen molar-refractivity contribution in [3.05, 3.63) is 35.4 Å². The molecule has 1 aromatic rings. The minimum atomic E-state index is -0.731. The summed E-state index contributed by atoms with van der Waals surface area (Å²) < 4.78 is 5.88. The van der Waals surface area contributed by atoms with E-state index in [2.05, 4.69) is 36.1 Å². The molecule has 0 radical (unpaired) electrons. The van der Waals surface area contributed by atoms with Crippen molar-refractivity contribution in [3.63, 3.8) is 0 Å². The Labute approximate surface area is 146 Å². The molecule has 1 saturated carbocycles. The molecule has 24 heavy (non-hydrogen) atoms. The number of hydrogen-bond donors (Lipinski definition) is 2. The first-order valence-corrected chi connectivity index (χ1v) is 9.28. The molecule has 3 heteroatoms. The zero-order valence-electron chi connectivity index (χ0n) is 14.8. The SMILES string of the molecule is C[C@H](CCc1ccc(C#CCCOC2CCCCC2)cc1)C(N)O. The average Bonchev–Trinajstić information content (AvgIpc) is 2.61. The quantitative estimate of drug-likeness (QED) is 0.456. The molecule has 132 valence electrons. The summed E-state index contributed by atoms with van der Waals surface area (Å²) in [5.74, 6) is 6.52. The first kappa shape index (κ1) is 19.0. The van der Waals surface area contributed by atoms with Crippen molar-refractivity contribution in [2.45, 2.75) is 70.6 Å². The van der Waals surface area contributed by atoms with E-state index in [4.69, 9.17) is 10.5 Å². The Balaban J connectivity index is 1.67. The van der Waals surface area contributed by atoms with E-state index in [-0.39, 0.29) is 5.92 Å². The van der Waals surface area contributed by atoms with E-state index < -0.39 is 6.23 Å². The molecule has 0 amide bonds. The third-order valence-electron chi connectivity index (χ3n) is 4.79. The maximum atomic E-state index is 9.32. The fourth-order valence-electron chi connectivity index (χ4n) is 2.99. The van der Waals surface area contributed by atoms with Crippen LogP contribution in [0.15, 0.2) is 24.3 Å². The summed E-state index contributed by atoms with van der Waals surface area (Å²) in [4.78, 5) is 0. The van der Waals surface area contributed by atoms with Gasteiger partial charge in [0.25, 0.3) is 0 Å². The van der Waals surface area contributed by atoms with E-state index in [0.717, 1.165) is 31.4 Å². The predicted molar refractivity (Wildman–Crippen MR) is 98.4 cm³/mol. The van der Waals surface area contributed by atoms with Crippen LogP contribution in [0.2, 0.25) is 0 Å². The number of nitrogens with two attached hydrogens (primary N) is 1. The van der Waals surface area contributed by atoms with Gasteiger partial charge in [0.1, 0.15) is 6.23 Å². The average molecular weight is 329 g/mol. The van der Waals surface area contributed by atoms with Gasteiger partial charge >= 0.3 is 0 Å². The van der Waals surface area contributed by atoms with Crippen LogP contribution in [-0.2, 0) is 11.2 Å². The molecule has 0 saturated heterocycles. The van der Waals surface area contributed by atoms with Crippen LogP contribution in [0.3, 0.4) is 0 Å². The van der Waals surface area contributed by atoms with Gasteiger partial charge in [-0.3, -0.25) is 0 Å². The van der Waals surface area contributed by atoms with Gasteiger partial charge in [0.05, 0.1) is 12.7 Å². The Hall–Kier alpha value is -1.34. The third kappa shape index (κ3) is 7.05. The number of aliphatic hydroxyl groups is 1. The van der Waals surface area contributed by atoms with Gasteiger partial charge in [0, 0.05) is 12.0 Å². The summed E-state index contributed by atoms with van der Waals surface area (Å²) in [6, 6.07) is 8.35. The van der Waals surface area contributed by atoms with Crippen molar-refractivity contribution < 1.29 is 9.84 Å². The normalized spacial score (nSPS) is 17.8. The monoisotopic (exact) mass is 329 g/mol. The standard InChI is InChI=1S/C21H31NO2/c1-17(21(22)23)10-11-19-14-12-18(13-15-19)7-5-6-16-24-20-8-3-2-4-9-20/h12-15,17,20-21,23H,2-4,6,8-11,16,22H2,1H3/t17-,21?/m1/s1. The molecule has 0 bridgehead atoms. The van der Waals surface area contributed by atoms with E-state index in [1.807, 2.05) is 6.92 Å². The molecule has 3 N–H and O–H groups in total. The lowest BCUT2D eigenvalue weighted by Crippen LogP contribution is -2.27. The van der Waals surface area contributed by atoms with Gasteiger partial charge in [0.2, 0.25) is 0 Å². The number of aryl methyl sites for hydroxylation is 1. The zero-order chi connectivity index (χ0) is 17.2. The number of hydrogen-bond acceptors (Lipinski definition) is 3. The van der Waals surface area contributed by atoms with Crippen molar-refractivity contribution in [2.24, 2.45) is 11.7 Å². The van der Waals surface area contributed by atoms with Crippen molar-refractivity contribution in [3.8, 4) is 11.8 Å². The minimum absolute atomic E-state index is 0.119. The summed E-state index contributed by atoms with van der Waals surface area (Å²) in [6.45, 7) is 2.72. The van der Waals surface area contributed by atoms with E-state index in [1.54, 1.807) is 0 Å². The van der Waals surface area contributed by atoms with Crippen molar-refractivity contribution in [1.29, 1.82) is 0 Å². The first-order valence-electron chi connectivity index (χ1n) is 9.28. The lowest BCUT2D eigenvalue weighted by molar-refractivity contribution is 0.0320. The van der Waals surface area contributed by atoms with Gasteiger partial charge in [-0.1, -0.05) is 50.2 Å². The van der Waals surface area contributed by atoms with Crippen LogP contribution in [0.25, 0.3) is 0 Å². The molecule has 2 rings (SSSR count). The highest BCUT2D eigenvalue weighted by Gasteiger charge is 2.12. The van der Waals surface area contributed by atoms with Gasteiger partial charge in [-0.15, -0.1) is 0 Å². The summed E-state index contributed by atoms with van der Waals surface area (Å²) in [5.41, 5.74) is 7.78. The molecule has 0 aromatic heterocycles. The number of aliphatic hydroxyl groups excluding tert-OH is 1. The summed E-state index contributed by atoms with van der Waals surface area (Å²) in [6.07, 6.45) is 8.77. The van der Waals surface area contributed by atoms with E-state index in [1.165, 1.54) is 37.7 Å². The maximum Gasteiger partial charge on any atom is 0.105 e. The fourth-order valence-corrected chi connectivity index (χ4v) is 2.99. The molecule has 1 aromatic carbocycles. The lowest BCUT2D eigenvalue weighted by Gasteiger charge is -2.21. The summed E-state index contributed by atoms with van der Waals surface area (Å²) in [5, 5.41) is 9.32. The molecule has 0 aliphatic heterocycles.